The molecule has 7 nitrogen and oxygen atoms in total. The molecule has 2 rings (SSSR count). The van der Waals surface area contributed by atoms with Crippen molar-refractivity contribution in [2.45, 2.75) is 26.8 Å². The molecule has 18 heavy (non-hydrogen) atoms. The van der Waals surface area contributed by atoms with Crippen molar-refractivity contribution in [3.05, 3.63) is 12.2 Å². The van der Waals surface area contributed by atoms with E-state index in [9.17, 15) is 9.59 Å². The van der Waals surface area contributed by atoms with E-state index in [0.29, 0.717) is 5.82 Å². The van der Waals surface area contributed by atoms with E-state index in [4.69, 9.17) is 5.11 Å². The maximum Gasteiger partial charge on any atom is 0.307 e. The first-order chi connectivity index (χ1) is 8.35. The van der Waals surface area contributed by atoms with E-state index in [1.54, 1.807) is 20.8 Å². The number of amides is 1. The number of hydrogen-bond acceptors (Lipinski definition) is 4. The van der Waals surface area contributed by atoms with E-state index in [0.717, 1.165) is 0 Å². The van der Waals surface area contributed by atoms with Gasteiger partial charge in [-0.15, -0.1) is 0 Å². The maximum absolute atomic E-state index is 12.0. The summed E-state index contributed by atoms with van der Waals surface area (Å²) >= 11 is 0. The van der Waals surface area contributed by atoms with Gasteiger partial charge >= 0.3 is 5.97 Å². The summed E-state index contributed by atoms with van der Waals surface area (Å²) in [7, 11) is 0. The zero-order valence-electron chi connectivity index (χ0n) is 10.5. The number of carbonyl (C=O) groups excluding carboxylic acids is 1. The van der Waals surface area contributed by atoms with Crippen LogP contribution in [0.1, 0.15) is 32.6 Å². The van der Waals surface area contributed by atoms with Crippen LogP contribution in [0.2, 0.25) is 0 Å². The molecule has 3 atom stereocenters. The number of H-pyrrole nitrogens is 1. The van der Waals surface area contributed by atoms with Crippen molar-refractivity contribution >= 4 is 11.9 Å². The van der Waals surface area contributed by atoms with Crippen LogP contribution in [0.25, 0.3) is 0 Å². The average molecular weight is 252 g/mol. The summed E-state index contributed by atoms with van der Waals surface area (Å²) < 4.78 is 0. The Bertz CT molecular complexity index is 469. The quantitative estimate of drug-likeness (QED) is 0.716. The molecule has 0 bridgehead atoms. The fraction of sp³-hybridized carbons (Fsp3) is 0.636. The van der Waals surface area contributed by atoms with E-state index in [1.165, 1.54) is 6.33 Å². The Morgan fingerprint density at radius 3 is 2.61 bits per heavy atom. The largest absolute Gasteiger partial charge is 0.481 e. The van der Waals surface area contributed by atoms with Gasteiger partial charge in [-0.3, -0.25) is 14.7 Å². The number of hydrogen-bond donors (Lipinski definition) is 3. The van der Waals surface area contributed by atoms with Gasteiger partial charge in [0.15, 0.2) is 0 Å². The molecule has 0 spiro atoms. The van der Waals surface area contributed by atoms with Gasteiger partial charge in [-0.05, 0) is 12.3 Å². The van der Waals surface area contributed by atoms with Gasteiger partial charge in [0, 0.05) is 0 Å². The number of aromatic nitrogens is 3. The second-order valence-corrected chi connectivity index (χ2v) is 5.22. The first-order valence-corrected chi connectivity index (χ1v) is 5.74. The predicted octanol–water partition coefficient (Wildman–Crippen LogP) is 0.339. The Balaban J connectivity index is 2.00. The van der Waals surface area contributed by atoms with Gasteiger partial charge in [-0.25, -0.2) is 4.98 Å². The lowest BCUT2D eigenvalue weighted by molar-refractivity contribution is -0.140. The van der Waals surface area contributed by atoms with Gasteiger partial charge < -0.3 is 10.4 Å². The number of rotatable bonds is 4. The molecule has 1 saturated carbocycles. The van der Waals surface area contributed by atoms with Crippen LogP contribution in [0.4, 0.5) is 0 Å². The number of carbonyl (C=O) groups is 2. The van der Waals surface area contributed by atoms with Crippen molar-refractivity contribution in [3.63, 3.8) is 0 Å². The number of aliphatic carboxylic acids is 1. The molecular formula is C11H16N4O3. The van der Waals surface area contributed by atoms with Crippen molar-refractivity contribution in [3.8, 4) is 0 Å². The summed E-state index contributed by atoms with van der Waals surface area (Å²) in [6, 6.07) is -0.314. The van der Waals surface area contributed by atoms with Crippen LogP contribution < -0.4 is 5.32 Å². The van der Waals surface area contributed by atoms with E-state index in [1.807, 2.05) is 0 Å². The minimum atomic E-state index is -0.924. The summed E-state index contributed by atoms with van der Waals surface area (Å²) in [6.07, 6.45) is 1.36. The highest BCUT2D eigenvalue weighted by Gasteiger charge is 2.65. The molecule has 98 valence electrons. The Morgan fingerprint density at radius 2 is 2.17 bits per heavy atom. The first kappa shape index (κ1) is 12.5. The highest BCUT2D eigenvalue weighted by atomic mass is 16.4. The second-order valence-electron chi connectivity index (χ2n) is 5.22. The molecule has 7 heteroatoms. The smallest absolute Gasteiger partial charge is 0.307 e. The zero-order valence-corrected chi connectivity index (χ0v) is 10.5. The minimum absolute atomic E-state index is 0.253. The van der Waals surface area contributed by atoms with Crippen LogP contribution >= 0.6 is 0 Å². The average Bonchev–Trinajstić information content (AvgIpc) is 2.67. The van der Waals surface area contributed by atoms with E-state index in [-0.39, 0.29) is 11.9 Å². The number of carboxylic acid groups (broad SMARTS) is 1. The predicted molar refractivity (Wildman–Crippen MR) is 61.3 cm³/mol. The van der Waals surface area contributed by atoms with Crippen LogP contribution in [0.5, 0.6) is 0 Å². The SMILES string of the molecule is CC(NC(=O)C1C(C(=O)O)C1(C)C)c1ncn[nH]1. The summed E-state index contributed by atoms with van der Waals surface area (Å²) in [5, 5.41) is 18.1. The molecule has 1 aromatic heterocycles. The Morgan fingerprint density at radius 1 is 1.50 bits per heavy atom. The van der Waals surface area contributed by atoms with E-state index >= 15 is 0 Å². The number of aromatic amines is 1. The molecule has 1 aromatic rings. The third-order valence-electron chi connectivity index (χ3n) is 3.58. The maximum atomic E-state index is 12.0. The number of nitrogens with zero attached hydrogens (tertiary/aromatic N) is 2. The van der Waals surface area contributed by atoms with Gasteiger partial charge in [-0.2, -0.15) is 5.10 Å². The van der Waals surface area contributed by atoms with Crippen molar-refractivity contribution in [2.24, 2.45) is 17.3 Å². The molecular weight excluding hydrogens is 236 g/mol. The first-order valence-electron chi connectivity index (χ1n) is 5.74. The Kier molecular flexibility index (Phi) is 2.84. The van der Waals surface area contributed by atoms with Gasteiger partial charge in [0.05, 0.1) is 17.9 Å². The van der Waals surface area contributed by atoms with Gasteiger partial charge in [-0.1, -0.05) is 13.8 Å². The minimum Gasteiger partial charge on any atom is -0.481 e. The lowest BCUT2D eigenvalue weighted by atomic mass is 10.1. The topological polar surface area (TPSA) is 108 Å². The lowest BCUT2D eigenvalue weighted by Gasteiger charge is -2.11. The van der Waals surface area contributed by atoms with Crippen molar-refractivity contribution in [1.82, 2.24) is 20.5 Å². The van der Waals surface area contributed by atoms with Crippen molar-refractivity contribution < 1.29 is 14.7 Å². The second kappa shape index (κ2) is 4.08. The van der Waals surface area contributed by atoms with Gasteiger partial charge in [0.25, 0.3) is 0 Å². The standard InChI is InChI=1S/C11H16N4O3/c1-5(8-12-4-13-15-8)14-9(16)6-7(10(17)18)11(6,2)3/h4-7H,1-3H3,(H,14,16)(H,17,18)(H,12,13,15). The Labute approximate surface area is 104 Å². The highest BCUT2D eigenvalue weighted by Crippen LogP contribution is 2.58. The third kappa shape index (κ3) is 1.96. The van der Waals surface area contributed by atoms with E-state index < -0.39 is 23.2 Å². The summed E-state index contributed by atoms with van der Waals surface area (Å²) in [6.45, 7) is 5.34. The van der Waals surface area contributed by atoms with Crippen LogP contribution in [0, 0.1) is 17.3 Å². The normalized spacial score (nSPS) is 26.4. The third-order valence-corrected chi connectivity index (χ3v) is 3.58. The molecule has 3 N–H and O–H groups in total. The van der Waals surface area contributed by atoms with Crippen molar-refractivity contribution in [2.75, 3.05) is 0 Å². The molecule has 1 fully saturated rings. The van der Waals surface area contributed by atoms with E-state index in [2.05, 4.69) is 20.5 Å². The molecule has 3 unspecified atom stereocenters. The summed E-state index contributed by atoms with van der Waals surface area (Å²) in [5.74, 6) is -1.72. The molecule has 1 aliphatic rings. The number of carboxylic acids is 1. The molecule has 0 radical (unpaired) electrons. The molecule has 0 aliphatic heterocycles. The van der Waals surface area contributed by atoms with Crippen LogP contribution in [0.15, 0.2) is 6.33 Å². The summed E-state index contributed by atoms with van der Waals surface area (Å²) in [5.41, 5.74) is -0.489. The number of nitrogens with one attached hydrogen (secondary N) is 2. The van der Waals surface area contributed by atoms with Gasteiger partial charge in [0.2, 0.25) is 5.91 Å². The molecule has 0 aromatic carbocycles. The molecule has 1 amide bonds. The van der Waals surface area contributed by atoms with Gasteiger partial charge in [0.1, 0.15) is 12.2 Å². The highest BCUT2D eigenvalue weighted by molar-refractivity contribution is 5.91. The fourth-order valence-electron chi connectivity index (χ4n) is 2.38. The van der Waals surface area contributed by atoms with Crippen LogP contribution in [-0.2, 0) is 9.59 Å². The summed E-state index contributed by atoms with van der Waals surface area (Å²) in [4.78, 5) is 26.9. The molecule has 0 saturated heterocycles. The Hall–Kier alpha value is -1.92. The molecule has 1 heterocycles. The van der Waals surface area contributed by atoms with Crippen LogP contribution in [0.3, 0.4) is 0 Å². The molecule has 1 aliphatic carbocycles. The lowest BCUT2D eigenvalue weighted by Crippen LogP contribution is -2.30. The monoisotopic (exact) mass is 252 g/mol. The van der Waals surface area contributed by atoms with Crippen LogP contribution in [-0.4, -0.2) is 32.2 Å². The van der Waals surface area contributed by atoms with Crippen molar-refractivity contribution in [1.29, 1.82) is 0 Å². The fourth-order valence-corrected chi connectivity index (χ4v) is 2.38. The zero-order chi connectivity index (χ0) is 13.5.